The minimum Gasteiger partial charge on any atom is -0.349 e. The Kier molecular flexibility index (Phi) is 5.01. The van der Waals surface area contributed by atoms with Crippen LogP contribution in [0.25, 0.3) is 16.9 Å². The number of nitrogens with zero attached hydrogens (tertiary/aromatic N) is 7. The summed E-state index contributed by atoms with van der Waals surface area (Å²) in [6, 6.07) is 5.58. The van der Waals surface area contributed by atoms with Gasteiger partial charge in [-0.05, 0) is 63.0 Å². The molecule has 33 heavy (non-hydrogen) atoms. The standard InChI is InChI=1S/C23H24F2N8/c24-15-3-4-19(25)17(12-15)21-2-1-10-31(21)22-7-11-32-23(28-22)18(13-27-32)20-14-33(30-29-20)16-5-8-26-9-6-16/h3-4,7,11-14,16,21,26H,1-2,5-6,8-10H2. The van der Waals surface area contributed by atoms with Crippen LogP contribution in [-0.4, -0.2) is 49.2 Å². The van der Waals surface area contributed by atoms with Crippen LogP contribution in [0.15, 0.2) is 42.9 Å². The minimum absolute atomic E-state index is 0.261. The van der Waals surface area contributed by atoms with Crippen molar-refractivity contribution >= 4 is 11.5 Å². The highest BCUT2D eigenvalue weighted by Gasteiger charge is 2.30. The lowest BCUT2D eigenvalue weighted by Crippen LogP contribution is -2.29. The van der Waals surface area contributed by atoms with Crippen molar-refractivity contribution in [2.45, 2.75) is 37.8 Å². The predicted molar refractivity (Wildman–Crippen MR) is 119 cm³/mol. The van der Waals surface area contributed by atoms with Crippen molar-refractivity contribution in [2.75, 3.05) is 24.5 Å². The normalized spacial score (nSPS) is 19.6. The number of rotatable bonds is 4. The number of piperidine rings is 1. The maximum atomic E-state index is 14.5. The van der Waals surface area contributed by atoms with Crippen LogP contribution in [0, 0.1) is 11.6 Å². The van der Waals surface area contributed by atoms with Gasteiger partial charge in [-0.2, -0.15) is 5.10 Å². The van der Waals surface area contributed by atoms with E-state index in [4.69, 9.17) is 4.98 Å². The smallest absolute Gasteiger partial charge is 0.166 e. The first-order valence-corrected chi connectivity index (χ1v) is 11.4. The lowest BCUT2D eigenvalue weighted by atomic mass is 10.0. The molecule has 0 bridgehead atoms. The molecule has 1 unspecified atom stereocenters. The summed E-state index contributed by atoms with van der Waals surface area (Å²) in [4.78, 5) is 6.91. The Morgan fingerprint density at radius 3 is 2.82 bits per heavy atom. The summed E-state index contributed by atoms with van der Waals surface area (Å²) in [6.45, 7) is 2.67. The highest BCUT2D eigenvalue weighted by atomic mass is 19.1. The second-order valence-corrected chi connectivity index (χ2v) is 8.69. The Hall–Kier alpha value is -3.40. The van der Waals surface area contributed by atoms with Gasteiger partial charge in [0.2, 0.25) is 0 Å². The summed E-state index contributed by atoms with van der Waals surface area (Å²) >= 11 is 0. The topological polar surface area (TPSA) is 76.2 Å². The lowest BCUT2D eigenvalue weighted by molar-refractivity contribution is 0.337. The number of benzene rings is 1. The highest BCUT2D eigenvalue weighted by Crippen LogP contribution is 2.37. The Morgan fingerprint density at radius 1 is 1.06 bits per heavy atom. The molecule has 2 aliphatic rings. The van der Waals surface area contributed by atoms with Gasteiger partial charge in [0.1, 0.15) is 23.1 Å². The van der Waals surface area contributed by atoms with Gasteiger partial charge < -0.3 is 10.2 Å². The van der Waals surface area contributed by atoms with E-state index in [1.807, 2.05) is 28.0 Å². The van der Waals surface area contributed by atoms with E-state index in [9.17, 15) is 8.78 Å². The van der Waals surface area contributed by atoms with Crippen LogP contribution in [0.4, 0.5) is 14.6 Å². The largest absolute Gasteiger partial charge is 0.349 e. The second-order valence-electron chi connectivity index (χ2n) is 8.69. The summed E-state index contributed by atoms with van der Waals surface area (Å²) in [5, 5.41) is 16.5. The highest BCUT2D eigenvalue weighted by molar-refractivity contribution is 5.74. The van der Waals surface area contributed by atoms with Gasteiger partial charge in [-0.15, -0.1) is 5.10 Å². The molecule has 1 N–H and O–H groups in total. The third kappa shape index (κ3) is 3.64. The monoisotopic (exact) mass is 450 g/mol. The fourth-order valence-corrected chi connectivity index (χ4v) is 4.98. The zero-order valence-corrected chi connectivity index (χ0v) is 18.0. The molecule has 8 nitrogen and oxygen atoms in total. The fraction of sp³-hybridized carbons (Fsp3) is 0.391. The van der Waals surface area contributed by atoms with Gasteiger partial charge in [-0.1, -0.05) is 5.21 Å². The number of nitrogens with one attached hydrogen (secondary N) is 1. The van der Waals surface area contributed by atoms with Gasteiger partial charge in [0, 0.05) is 18.3 Å². The van der Waals surface area contributed by atoms with Crippen molar-refractivity contribution in [3.8, 4) is 11.3 Å². The van der Waals surface area contributed by atoms with Gasteiger partial charge >= 0.3 is 0 Å². The molecule has 2 saturated heterocycles. The predicted octanol–water partition coefficient (Wildman–Crippen LogP) is 3.53. The molecule has 0 saturated carbocycles. The van der Waals surface area contributed by atoms with Crippen molar-refractivity contribution in [1.82, 2.24) is 34.9 Å². The third-order valence-electron chi connectivity index (χ3n) is 6.69. The Balaban J connectivity index is 1.34. The average molecular weight is 450 g/mol. The van der Waals surface area contributed by atoms with Crippen molar-refractivity contribution in [1.29, 1.82) is 0 Å². The lowest BCUT2D eigenvalue weighted by Gasteiger charge is -2.26. The second kappa shape index (κ2) is 8.18. The van der Waals surface area contributed by atoms with Crippen molar-refractivity contribution < 1.29 is 8.78 Å². The summed E-state index contributed by atoms with van der Waals surface area (Å²) in [7, 11) is 0. The van der Waals surface area contributed by atoms with E-state index in [0.717, 1.165) is 62.6 Å². The molecule has 4 aromatic rings. The molecule has 6 rings (SSSR count). The van der Waals surface area contributed by atoms with Crippen molar-refractivity contribution in [2.24, 2.45) is 0 Å². The van der Waals surface area contributed by atoms with E-state index in [-0.39, 0.29) is 6.04 Å². The van der Waals surface area contributed by atoms with Gasteiger partial charge in [0.05, 0.1) is 30.0 Å². The number of aromatic nitrogens is 6. The van der Waals surface area contributed by atoms with E-state index in [1.54, 1.807) is 10.7 Å². The third-order valence-corrected chi connectivity index (χ3v) is 6.69. The van der Waals surface area contributed by atoms with E-state index < -0.39 is 11.6 Å². The molecule has 3 aromatic heterocycles. The minimum atomic E-state index is -0.434. The maximum absolute atomic E-state index is 14.5. The molecular formula is C23H24F2N8. The zero-order valence-electron chi connectivity index (χ0n) is 18.0. The van der Waals surface area contributed by atoms with Gasteiger partial charge in [-0.25, -0.2) is 23.0 Å². The number of hydrogen-bond acceptors (Lipinski definition) is 6. The van der Waals surface area contributed by atoms with E-state index in [1.165, 1.54) is 12.1 Å². The van der Waals surface area contributed by atoms with Crippen molar-refractivity contribution in [3.63, 3.8) is 0 Å². The van der Waals surface area contributed by atoms with Crippen LogP contribution in [0.1, 0.15) is 43.3 Å². The molecule has 170 valence electrons. The summed E-state index contributed by atoms with van der Waals surface area (Å²) in [5.74, 6) is -0.119. The van der Waals surface area contributed by atoms with Gasteiger partial charge in [0.25, 0.3) is 0 Å². The van der Waals surface area contributed by atoms with Crippen LogP contribution in [0.3, 0.4) is 0 Å². The van der Waals surface area contributed by atoms with Gasteiger partial charge in [0.15, 0.2) is 5.65 Å². The molecule has 0 amide bonds. The van der Waals surface area contributed by atoms with Crippen LogP contribution in [0.2, 0.25) is 0 Å². The Labute approximate surface area is 189 Å². The molecule has 1 aromatic carbocycles. The summed E-state index contributed by atoms with van der Waals surface area (Å²) < 4.78 is 32.0. The molecule has 0 aliphatic carbocycles. The van der Waals surface area contributed by atoms with Crippen molar-refractivity contribution in [3.05, 3.63) is 60.1 Å². The van der Waals surface area contributed by atoms with Crippen LogP contribution in [0.5, 0.6) is 0 Å². The fourth-order valence-electron chi connectivity index (χ4n) is 4.98. The number of halogens is 2. The first kappa shape index (κ1) is 20.2. The molecule has 0 radical (unpaired) electrons. The summed E-state index contributed by atoms with van der Waals surface area (Å²) in [6.07, 6.45) is 9.21. The Morgan fingerprint density at radius 2 is 1.94 bits per heavy atom. The van der Waals surface area contributed by atoms with E-state index >= 15 is 0 Å². The Bertz CT molecular complexity index is 1290. The SMILES string of the molecule is Fc1ccc(F)c(C2CCCN2c2ccn3ncc(-c4cn(C5CCNCC5)nn4)c3n2)c1. The number of anilines is 1. The molecule has 2 aliphatic heterocycles. The van der Waals surface area contributed by atoms with E-state index in [2.05, 4.69) is 20.7 Å². The van der Waals surface area contributed by atoms with Crippen LogP contribution in [-0.2, 0) is 0 Å². The molecule has 0 spiro atoms. The molecular weight excluding hydrogens is 426 g/mol. The zero-order chi connectivity index (χ0) is 22.4. The van der Waals surface area contributed by atoms with Crippen LogP contribution >= 0.6 is 0 Å². The van der Waals surface area contributed by atoms with E-state index in [0.29, 0.717) is 23.1 Å². The molecule has 5 heterocycles. The first-order valence-electron chi connectivity index (χ1n) is 11.4. The number of fused-ring (bicyclic) bond motifs is 1. The average Bonchev–Trinajstić information content (AvgIpc) is 3.60. The van der Waals surface area contributed by atoms with Gasteiger partial charge in [-0.3, -0.25) is 0 Å². The maximum Gasteiger partial charge on any atom is 0.166 e. The van der Waals surface area contributed by atoms with Crippen LogP contribution < -0.4 is 10.2 Å². The molecule has 1 atom stereocenters. The first-order chi connectivity index (χ1) is 16.2. The molecule has 2 fully saturated rings. The number of hydrogen-bond donors (Lipinski definition) is 1. The summed E-state index contributed by atoms with van der Waals surface area (Å²) in [5.41, 5.74) is 2.55. The molecule has 10 heteroatoms. The quantitative estimate of drug-likeness (QED) is 0.513.